The maximum absolute atomic E-state index is 13.4. The molecule has 21 nitrogen and oxygen atoms in total. The first-order valence-corrected chi connectivity index (χ1v) is 24.1. The zero-order valence-electron chi connectivity index (χ0n) is 36.6. The Kier molecular flexibility index (Phi) is 18.9. The van der Waals surface area contributed by atoms with Crippen LogP contribution in [0.2, 0.25) is 0 Å². The summed E-state index contributed by atoms with van der Waals surface area (Å²) < 4.78 is 143. The number of anilines is 1. The number of nitrogens with one attached hydrogen (secondary N) is 1. The van der Waals surface area contributed by atoms with Crippen molar-refractivity contribution >= 4 is 102 Å². The molecule has 0 spiro atoms. The van der Waals surface area contributed by atoms with E-state index in [9.17, 15) is 57.5 Å². The number of rotatable bonds is 13. The Bertz CT molecular complexity index is 3660. The SMILES string of the molecule is COc1cc(N=Nc2cc(S(=O)(=O)[O-])cc3cc(S(=O)(=O)O)cc(OS(=O)(=O)c4ccccc4)c23)c(C)cc1N=C([O-])Nc1ccc2c([O-])c(N=Nc3ccccc3)c(S(=O)(=O)O)cc2c1.[Na+].[Na+].[Na+]. The number of ether oxygens (including phenoxy) is 1. The number of methoxy groups -OCH3 is 1. The smallest absolute Gasteiger partial charge is 0.871 e. The van der Waals surface area contributed by atoms with Gasteiger partial charge in [-0.25, -0.2) is 13.4 Å². The number of hydrogen-bond acceptors (Lipinski definition) is 18. The third-order valence-electron chi connectivity index (χ3n) is 9.32. The summed E-state index contributed by atoms with van der Waals surface area (Å²) in [6, 6.07) is 24.2. The molecule has 0 unspecified atom stereocenters. The van der Waals surface area contributed by atoms with Crippen molar-refractivity contribution in [2.24, 2.45) is 25.4 Å². The minimum Gasteiger partial charge on any atom is -0.871 e. The molecule has 3 N–H and O–H groups in total. The quantitative estimate of drug-likeness (QED) is 0.0277. The molecule has 0 atom stereocenters. The molecule has 0 saturated heterocycles. The topological polar surface area (TPSA) is 338 Å². The fourth-order valence-corrected chi connectivity index (χ4v) is 8.96. The van der Waals surface area contributed by atoms with Crippen LogP contribution in [-0.2, 0) is 40.5 Å². The van der Waals surface area contributed by atoms with E-state index in [0.717, 1.165) is 24.3 Å². The summed E-state index contributed by atoms with van der Waals surface area (Å²) in [5.74, 6) is -1.67. The van der Waals surface area contributed by atoms with Crippen LogP contribution >= 0.6 is 0 Å². The molecule has 7 aromatic rings. The Balaban J connectivity index is 0.00000346. The van der Waals surface area contributed by atoms with E-state index in [2.05, 4.69) is 30.8 Å². The minimum absolute atomic E-state index is 0. The maximum atomic E-state index is 13.4. The molecule has 7 rings (SSSR count). The second-order valence-corrected chi connectivity index (χ2v) is 19.5. The summed E-state index contributed by atoms with van der Waals surface area (Å²) in [6.07, 6.45) is 0. The van der Waals surface area contributed by atoms with Gasteiger partial charge < -0.3 is 29.0 Å². The molecule has 0 aliphatic rings. The third kappa shape index (κ3) is 13.5. The van der Waals surface area contributed by atoms with E-state index in [1.807, 2.05) is 0 Å². The fourth-order valence-electron chi connectivity index (χ4n) is 6.29. The number of amidine groups is 1. The minimum atomic E-state index is -5.28. The zero-order chi connectivity index (χ0) is 47.8. The molecule has 0 saturated carbocycles. The van der Waals surface area contributed by atoms with E-state index < -0.39 is 89.4 Å². The van der Waals surface area contributed by atoms with Crippen LogP contribution in [-0.4, -0.2) is 60.5 Å². The molecule has 0 bridgehead atoms. The van der Waals surface area contributed by atoms with Crippen LogP contribution in [0.3, 0.4) is 0 Å². The molecule has 0 fully saturated rings. The van der Waals surface area contributed by atoms with Gasteiger partial charge in [0.1, 0.15) is 31.3 Å². The summed E-state index contributed by atoms with van der Waals surface area (Å²) in [6.45, 7) is 1.50. The number of benzene rings is 7. The van der Waals surface area contributed by atoms with Crippen LogP contribution < -0.4 is 113 Å². The Morgan fingerprint density at radius 2 is 1.25 bits per heavy atom. The first kappa shape index (κ1) is 57.2. The third-order valence-corrected chi connectivity index (χ3v) is 13.1. The van der Waals surface area contributed by atoms with Gasteiger partial charge in [0.25, 0.3) is 20.2 Å². The van der Waals surface area contributed by atoms with Crippen LogP contribution in [0.25, 0.3) is 21.5 Å². The molecule has 0 aliphatic heterocycles. The normalized spacial score (nSPS) is 12.3. The van der Waals surface area contributed by atoms with Crippen molar-refractivity contribution in [2.45, 2.75) is 26.5 Å². The van der Waals surface area contributed by atoms with Gasteiger partial charge in [-0.1, -0.05) is 48.2 Å². The summed E-state index contributed by atoms with van der Waals surface area (Å²) in [5, 5.41) is 44.3. The maximum Gasteiger partial charge on any atom is 1.00 e. The van der Waals surface area contributed by atoms with Gasteiger partial charge in [0.2, 0.25) is 0 Å². The molecular weight excluding hydrogens is 1010 g/mol. The summed E-state index contributed by atoms with van der Waals surface area (Å²) in [4.78, 5) is 0.997. The first-order valence-electron chi connectivity index (χ1n) is 18.4. The molecule has 0 amide bonds. The first-order chi connectivity index (χ1) is 31.0. The Hall–Kier alpha value is -4.39. The average molecular weight is 1040 g/mol. The average Bonchev–Trinajstić information content (AvgIpc) is 3.25. The number of aliphatic imine (C=N–C) groups is 1. The van der Waals surface area contributed by atoms with Crippen molar-refractivity contribution in [1.82, 2.24) is 0 Å². The van der Waals surface area contributed by atoms with E-state index in [1.54, 1.807) is 30.3 Å². The number of aryl methyl sites for hydroxylation is 1. The number of hydrogen-bond donors (Lipinski definition) is 3. The molecule has 0 aromatic heterocycles. The Morgan fingerprint density at radius 3 is 1.86 bits per heavy atom. The van der Waals surface area contributed by atoms with E-state index in [4.69, 9.17) is 8.92 Å². The Labute approximate surface area is 460 Å². The van der Waals surface area contributed by atoms with E-state index in [-0.39, 0.29) is 138 Å². The largest absolute Gasteiger partial charge is 1.00 e. The van der Waals surface area contributed by atoms with Gasteiger partial charge in [0.05, 0.1) is 51.1 Å². The van der Waals surface area contributed by atoms with Gasteiger partial charge in [0.15, 0.2) is 5.75 Å². The summed E-state index contributed by atoms with van der Waals surface area (Å²) >= 11 is 0. The molecule has 69 heavy (non-hydrogen) atoms. The molecule has 0 aliphatic carbocycles. The van der Waals surface area contributed by atoms with Gasteiger partial charge in [-0.3, -0.25) is 9.11 Å². The second kappa shape index (κ2) is 22.8. The molecule has 340 valence electrons. The standard InChI is InChI=1S/C41H32N6O15S4.3Na/c1-23-15-33(43-41(49)42-27-13-14-31-24(16-27)19-37(65(56,57)58)39(40(31)48)47-44-26-9-5-3-6-10-26)35(61-2)22-32(23)45-46-34-20-29(63(50,51)52)17-25-18-30(64(53,54)55)21-36(38(25)34)62-66(59,60)28-11-7-4-8-12-28;;;/h3-22,48H,1-2H3,(H2,42,43,49)(H,50,51,52)(H,53,54,55)(H,56,57,58);;;/q;3*+1/p-3. The van der Waals surface area contributed by atoms with Crippen molar-refractivity contribution < 1.29 is 155 Å². The zero-order valence-corrected chi connectivity index (χ0v) is 45.9. The molecular formula is C41H29N6Na3O15S4. The second-order valence-electron chi connectivity index (χ2n) is 13.8. The van der Waals surface area contributed by atoms with Crippen molar-refractivity contribution in [3.05, 3.63) is 127 Å². The van der Waals surface area contributed by atoms with Gasteiger partial charge in [0, 0.05) is 17.8 Å². The number of fused-ring (bicyclic) bond motifs is 2. The van der Waals surface area contributed by atoms with E-state index in [0.29, 0.717) is 11.8 Å². The van der Waals surface area contributed by atoms with Crippen molar-refractivity contribution in [1.29, 1.82) is 0 Å². The molecule has 0 radical (unpaired) electrons. The molecule has 28 heteroatoms. The van der Waals surface area contributed by atoms with Crippen molar-refractivity contribution in [3.8, 4) is 17.2 Å². The van der Waals surface area contributed by atoms with Crippen LogP contribution in [0.15, 0.2) is 166 Å². The van der Waals surface area contributed by atoms with Crippen LogP contribution in [0.4, 0.5) is 34.1 Å². The predicted octanol–water partition coefficient (Wildman–Crippen LogP) is -2.15. The number of nitrogens with zero attached hydrogens (tertiary/aromatic N) is 5. The fraction of sp³-hybridized carbons (Fsp3) is 0.0488. The van der Waals surface area contributed by atoms with Crippen LogP contribution in [0.5, 0.6) is 17.2 Å². The summed E-state index contributed by atoms with van der Waals surface area (Å²) in [5.41, 5.74) is -0.551. The van der Waals surface area contributed by atoms with Crippen LogP contribution in [0, 0.1) is 6.92 Å². The van der Waals surface area contributed by atoms with Gasteiger partial charge in [-0.15, -0.1) is 10.2 Å². The monoisotopic (exact) mass is 1040 g/mol. The van der Waals surface area contributed by atoms with Gasteiger partial charge in [-0.05, 0) is 95.4 Å². The van der Waals surface area contributed by atoms with Gasteiger partial charge >= 0.3 is 98.8 Å². The summed E-state index contributed by atoms with van der Waals surface area (Å²) in [7, 11) is -18.8. The van der Waals surface area contributed by atoms with Crippen LogP contribution in [0.1, 0.15) is 5.56 Å². The van der Waals surface area contributed by atoms with E-state index >= 15 is 0 Å². The van der Waals surface area contributed by atoms with Crippen molar-refractivity contribution in [2.75, 3.05) is 12.4 Å². The Morgan fingerprint density at radius 1 is 0.623 bits per heavy atom. The van der Waals surface area contributed by atoms with Gasteiger partial charge in [-0.2, -0.15) is 35.5 Å². The molecule has 0 heterocycles. The number of azo groups is 2. The van der Waals surface area contributed by atoms with Crippen molar-refractivity contribution in [3.63, 3.8) is 0 Å². The molecule has 7 aromatic carbocycles. The van der Waals surface area contributed by atoms with E-state index in [1.165, 1.54) is 74.7 Å². The predicted molar refractivity (Wildman–Crippen MR) is 232 cm³/mol.